The first-order valence-electron chi connectivity index (χ1n) is 4.20. The Morgan fingerprint density at radius 1 is 1.06 bits per heavy atom. The number of aliphatic hydroxyl groups excluding tert-OH is 1. The molecule has 3 N–H and O–H groups in total. The summed E-state index contributed by atoms with van der Waals surface area (Å²) in [6, 6.07) is -0.901. The van der Waals surface area contributed by atoms with E-state index in [0.717, 1.165) is 0 Å². The van der Waals surface area contributed by atoms with Gasteiger partial charge in [0.2, 0.25) is 6.10 Å². The van der Waals surface area contributed by atoms with Gasteiger partial charge in [-0.1, -0.05) is 0 Å². The van der Waals surface area contributed by atoms with E-state index in [1.807, 2.05) is 0 Å². The molecule has 0 aromatic carbocycles. The van der Waals surface area contributed by atoms with E-state index in [1.54, 1.807) is 0 Å². The summed E-state index contributed by atoms with van der Waals surface area (Å²) >= 11 is 0. The fourth-order valence-electron chi connectivity index (χ4n) is 0.803. The standard InChI is InChI=1S/C7H11F6NO2/c8-6(9,10)5(7(11,12)13)16-2-1-4(14)3-15/h4-5,15H,1-3,14H2. The third kappa shape index (κ3) is 5.52. The average molecular weight is 255 g/mol. The van der Waals surface area contributed by atoms with Crippen molar-refractivity contribution in [3.8, 4) is 0 Å². The van der Waals surface area contributed by atoms with Gasteiger partial charge in [0.15, 0.2) is 0 Å². The van der Waals surface area contributed by atoms with Crippen LogP contribution in [0.5, 0.6) is 0 Å². The number of halogens is 6. The van der Waals surface area contributed by atoms with Gasteiger partial charge in [0.25, 0.3) is 0 Å². The van der Waals surface area contributed by atoms with Crippen molar-refractivity contribution in [1.29, 1.82) is 0 Å². The lowest BCUT2D eigenvalue weighted by molar-refractivity contribution is -0.322. The average Bonchev–Trinajstić information content (AvgIpc) is 2.07. The summed E-state index contributed by atoms with van der Waals surface area (Å²) in [5.74, 6) is 0. The molecule has 0 rings (SSSR count). The number of alkyl halides is 6. The van der Waals surface area contributed by atoms with Crippen LogP contribution in [0, 0.1) is 0 Å². The molecule has 1 unspecified atom stereocenters. The zero-order valence-electron chi connectivity index (χ0n) is 7.98. The maximum atomic E-state index is 11.9. The molecule has 3 nitrogen and oxygen atoms in total. The summed E-state index contributed by atoms with van der Waals surface area (Å²) in [6.07, 6.45) is -15.1. The molecule has 0 heterocycles. The summed E-state index contributed by atoms with van der Waals surface area (Å²) in [5.41, 5.74) is 5.08. The number of hydrogen-bond acceptors (Lipinski definition) is 3. The summed E-state index contributed by atoms with van der Waals surface area (Å²) in [7, 11) is 0. The highest BCUT2D eigenvalue weighted by atomic mass is 19.4. The van der Waals surface area contributed by atoms with E-state index < -0.39 is 37.7 Å². The number of aliphatic hydroxyl groups is 1. The summed E-state index contributed by atoms with van der Waals surface area (Å²) in [4.78, 5) is 0. The minimum atomic E-state index is -5.51. The molecule has 98 valence electrons. The zero-order chi connectivity index (χ0) is 13.0. The third-order valence-corrected chi connectivity index (χ3v) is 1.60. The highest BCUT2D eigenvalue weighted by molar-refractivity contribution is 4.76. The minimum absolute atomic E-state index is 0.293. The molecular weight excluding hydrogens is 244 g/mol. The molecule has 0 bridgehead atoms. The molecule has 0 aromatic heterocycles. The summed E-state index contributed by atoms with van der Waals surface area (Å²) in [5, 5.41) is 8.39. The van der Waals surface area contributed by atoms with Gasteiger partial charge >= 0.3 is 12.4 Å². The molecule has 1 atom stereocenters. The number of rotatable bonds is 5. The van der Waals surface area contributed by atoms with Gasteiger partial charge in [-0.3, -0.25) is 0 Å². The van der Waals surface area contributed by atoms with Crippen LogP contribution < -0.4 is 5.73 Å². The van der Waals surface area contributed by atoms with Crippen LogP contribution in [0.2, 0.25) is 0 Å². The Hall–Kier alpha value is -0.540. The lowest BCUT2D eigenvalue weighted by atomic mass is 10.2. The molecule has 0 aliphatic heterocycles. The molecule has 0 fully saturated rings. The molecule has 0 amide bonds. The van der Waals surface area contributed by atoms with Crippen LogP contribution in [-0.2, 0) is 4.74 Å². The molecule has 9 heteroatoms. The second kappa shape index (κ2) is 5.69. The molecule has 0 saturated carbocycles. The Kier molecular flexibility index (Phi) is 5.50. The van der Waals surface area contributed by atoms with E-state index in [0.29, 0.717) is 0 Å². The summed E-state index contributed by atoms with van der Waals surface area (Å²) in [6.45, 7) is -1.36. The number of ether oxygens (including phenoxy) is 1. The Balaban J connectivity index is 4.26. The Labute approximate surface area is 87.2 Å². The van der Waals surface area contributed by atoms with E-state index in [-0.39, 0.29) is 6.42 Å². The predicted octanol–water partition coefficient (Wildman–Crippen LogP) is 1.21. The van der Waals surface area contributed by atoms with Crippen molar-refractivity contribution in [2.75, 3.05) is 13.2 Å². The first kappa shape index (κ1) is 15.5. The van der Waals surface area contributed by atoms with Gasteiger partial charge in [-0.15, -0.1) is 0 Å². The van der Waals surface area contributed by atoms with Gasteiger partial charge in [-0.25, -0.2) is 0 Å². The van der Waals surface area contributed by atoms with Crippen LogP contribution in [0.15, 0.2) is 0 Å². The first-order chi connectivity index (χ1) is 7.09. The molecule has 0 aliphatic rings. The number of nitrogens with two attached hydrogens (primary N) is 1. The minimum Gasteiger partial charge on any atom is -0.395 e. The van der Waals surface area contributed by atoms with Crippen molar-refractivity contribution < 1.29 is 36.2 Å². The van der Waals surface area contributed by atoms with Crippen LogP contribution >= 0.6 is 0 Å². The lowest BCUT2D eigenvalue weighted by Gasteiger charge is -2.23. The first-order valence-corrected chi connectivity index (χ1v) is 4.20. The van der Waals surface area contributed by atoms with Crippen LogP contribution in [-0.4, -0.2) is 42.8 Å². The van der Waals surface area contributed by atoms with Crippen molar-refractivity contribution >= 4 is 0 Å². The highest BCUT2D eigenvalue weighted by Crippen LogP contribution is 2.35. The van der Waals surface area contributed by atoms with E-state index in [2.05, 4.69) is 4.74 Å². The van der Waals surface area contributed by atoms with Gasteiger partial charge in [0.05, 0.1) is 6.61 Å². The van der Waals surface area contributed by atoms with Crippen molar-refractivity contribution in [1.82, 2.24) is 0 Å². The topological polar surface area (TPSA) is 55.5 Å². The van der Waals surface area contributed by atoms with Crippen molar-refractivity contribution in [2.45, 2.75) is 30.9 Å². The Bertz CT molecular complexity index is 190. The zero-order valence-corrected chi connectivity index (χ0v) is 7.98. The molecule has 0 aliphatic carbocycles. The molecular formula is C7H11F6NO2. The van der Waals surface area contributed by atoms with Crippen molar-refractivity contribution in [2.24, 2.45) is 5.73 Å². The maximum Gasteiger partial charge on any atom is 0.423 e. The van der Waals surface area contributed by atoms with E-state index in [1.165, 1.54) is 0 Å². The van der Waals surface area contributed by atoms with Gasteiger partial charge in [-0.05, 0) is 6.42 Å². The Morgan fingerprint density at radius 2 is 1.50 bits per heavy atom. The molecule has 0 radical (unpaired) electrons. The van der Waals surface area contributed by atoms with Crippen molar-refractivity contribution in [3.63, 3.8) is 0 Å². The lowest BCUT2D eigenvalue weighted by Crippen LogP contribution is -2.45. The number of hydrogen-bond donors (Lipinski definition) is 2. The predicted molar refractivity (Wildman–Crippen MR) is 41.5 cm³/mol. The van der Waals surface area contributed by atoms with Crippen LogP contribution in [0.4, 0.5) is 26.3 Å². The second-order valence-corrected chi connectivity index (χ2v) is 3.07. The van der Waals surface area contributed by atoms with Crippen LogP contribution in [0.3, 0.4) is 0 Å². The van der Waals surface area contributed by atoms with Gasteiger partial charge < -0.3 is 15.6 Å². The second-order valence-electron chi connectivity index (χ2n) is 3.07. The quantitative estimate of drug-likeness (QED) is 0.726. The largest absolute Gasteiger partial charge is 0.423 e. The monoisotopic (exact) mass is 255 g/mol. The van der Waals surface area contributed by atoms with Crippen molar-refractivity contribution in [3.05, 3.63) is 0 Å². The van der Waals surface area contributed by atoms with E-state index in [9.17, 15) is 26.3 Å². The smallest absolute Gasteiger partial charge is 0.395 e. The van der Waals surface area contributed by atoms with Gasteiger partial charge in [-0.2, -0.15) is 26.3 Å². The molecule has 0 spiro atoms. The van der Waals surface area contributed by atoms with Gasteiger partial charge in [0, 0.05) is 12.6 Å². The Morgan fingerprint density at radius 3 is 1.81 bits per heavy atom. The molecule has 16 heavy (non-hydrogen) atoms. The molecule has 0 aromatic rings. The fourth-order valence-corrected chi connectivity index (χ4v) is 0.803. The normalized spacial score (nSPS) is 15.6. The highest BCUT2D eigenvalue weighted by Gasteiger charge is 2.57. The van der Waals surface area contributed by atoms with Crippen LogP contribution in [0.1, 0.15) is 6.42 Å². The van der Waals surface area contributed by atoms with E-state index in [4.69, 9.17) is 10.8 Å². The maximum absolute atomic E-state index is 11.9. The summed E-state index contributed by atoms with van der Waals surface area (Å²) < 4.78 is 75.1. The fraction of sp³-hybridized carbons (Fsp3) is 1.00. The van der Waals surface area contributed by atoms with Gasteiger partial charge in [0.1, 0.15) is 0 Å². The third-order valence-electron chi connectivity index (χ3n) is 1.60. The van der Waals surface area contributed by atoms with E-state index >= 15 is 0 Å². The SMILES string of the molecule is NC(CO)CCOC(C(F)(F)F)C(F)(F)F. The molecule has 0 saturated heterocycles. The van der Waals surface area contributed by atoms with Crippen LogP contribution in [0.25, 0.3) is 0 Å².